The third-order valence-corrected chi connectivity index (χ3v) is 4.77. The Hall–Kier alpha value is -0.550. The third-order valence-electron chi connectivity index (χ3n) is 2.45. The first-order chi connectivity index (χ1) is 9.56. The summed E-state index contributed by atoms with van der Waals surface area (Å²) >= 11 is 17.0. The highest BCUT2D eigenvalue weighted by Gasteiger charge is 2.04. The molecule has 0 aromatic heterocycles. The van der Waals surface area contributed by atoms with Crippen molar-refractivity contribution in [2.45, 2.75) is 4.90 Å². The van der Waals surface area contributed by atoms with Crippen LogP contribution in [0.3, 0.4) is 0 Å². The molecule has 2 rings (SSSR count). The first-order valence-electron chi connectivity index (χ1n) is 5.82. The van der Waals surface area contributed by atoms with Crippen molar-refractivity contribution in [1.82, 2.24) is 0 Å². The van der Waals surface area contributed by atoms with Crippen molar-refractivity contribution in [3.8, 4) is 5.75 Å². The van der Waals surface area contributed by atoms with Gasteiger partial charge in [0, 0.05) is 21.4 Å². The number of nitrogens with two attached hydrogens (primary N) is 1. The lowest BCUT2D eigenvalue weighted by Crippen LogP contribution is -2.00. The number of thioether (sulfide) groups is 1. The molecule has 0 aliphatic heterocycles. The number of nitrogen functional groups attached to an aromatic ring is 1. The number of ether oxygens (including phenoxy) is 1. The Balaban J connectivity index is 1.84. The maximum absolute atomic E-state index is 6.10. The standard InChI is InChI=1S/C14H12BrCl2NOS/c15-11-7-9(16)1-3-13(11)19-5-6-20-14-4-2-10(18)8-12(14)17/h1-4,7-8H,5-6,18H2. The molecule has 0 unspecified atom stereocenters. The van der Waals surface area contributed by atoms with Gasteiger partial charge in [0.25, 0.3) is 0 Å². The Morgan fingerprint density at radius 1 is 1.15 bits per heavy atom. The summed E-state index contributed by atoms with van der Waals surface area (Å²) in [5, 5.41) is 1.34. The maximum Gasteiger partial charge on any atom is 0.133 e. The first kappa shape index (κ1) is 15.8. The van der Waals surface area contributed by atoms with Crippen LogP contribution in [0.1, 0.15) is 0 Å². The van der Waals surface area contributed by atoms with Crippen molar-refractivity contribution in [1.29, 1.82) is 0 Å². The molecule has 0 amide bonds. The molecule has 0 heterocycles. The molecule has 0 fully saturated rings. The van der Waals surface area contributed by atoms with Gasteiger partial charge in [-0.3, -0.25) is 0 Å². The molecule has 106 valence electrons. The predicted octanol–water partition coefficient (Wildman–Crippen LogP) is 5.51. The van der Waals surface area contributed by atoms with Crippen molar-refractivity contribution in [2.24, 2.45) is 0 Å². The number of rotatable bonds is 5. The fourth-order valence-electron chi connectivity index (χ4n) is 1.53. The van der Waals surface area contributed by atoms with Crippen LogP contribution in [0.15, 0.2) is 45.8 Å². The highest BCUT2D eigenvalue weighted by Crippen LogP contribution is 2.30. The molecule has 0 aliphatic rings. The molecule has 0 saturated heterocycles. The summed E-state index contributed by atoms with van der Waals surface area (Å²) in [4.78, 5) is 1.000. The lowest BCUT2D eigenvalue weighted by atomic mass is 10.3. The molecule has 6 heteroatoms. The zero-order valence-electron chi connectivity index (χ0n) is 10.4. The molecular formula is C14H12BrCl2NOS. The zero-order chi connectivity index (χ0) is 14.5. The van der Waals surface area contributed by atoms with Crippen LogP contribution < -0.4 is 10.5 Å². The molecule has 2 N–H and O–H groups in total. The van der Waals surface area contributed by atoms with Crippen molar-refractivity contribution in [3.63, 3.8) is 0 Å². The van der Waals surface area contributed by atoms with E-state index < -0.39 is 0 Å². The van der Waals surface area contributed by atoms with E-state index in [-0.39, 0.29) is 0 Å². The molecule has 2 nitrogen and oxygen atoms in total. The number of hydrogen-bond acceptors (Lipinski definition) is 3. The number of benzene rings is 2. The van der Waals surface area contributed by atoms with E-state index in [4.69, 9.17) is 33.7 Å². The van der Waals surface area contributed by atoms with Gasteiger partial charge in [-0.05, 0) is 52.3 Å². The van der Waals surface area contributed by atoms with Crippen LogP contribution in [0.4, 0.5) is 5.69 Å². The van der Waals surface area contributed by atoms with Crippen LogP contribution in [-0.4, -0.2) is 12.4 Å². The maximum atomic E-state index is 6.10. The highest BCUT2D eigenvalue weighted by molar-refractivity contribution is 9.10. The van der Waals surface area contributed by atoms with E-state index in [9.17, 15) is 0 Å². The normalized spacial score (nSPS) is 10.6. The first-order valence-corrected chi connectivity index (χ1v) is 8.35. The average molecular weight is 393 g/mol. The van der Waals surface area contributed by atoms with Crippen molar-refractivity contribution in [3.05, 3.63) is 50.9 Å². The summed E-state index contributed by atoms with van der Waals surface area (Å²) < 4.78 is 6.53. The highest BCUT2D eigenvalue weighted by atomic mass is 79.9. The number of halogens is 3. The minimum absolute atomic E-state index is 0.575. The van der Waals surface area contributed by atoms with E-state index in [1.165, 1.54) is 0 Å². The Kier molecular flexibility index (Phi) is 5.90. The summed E-state index contributed by atoms with van der Waals surface area (Å²) in [5.74, 6) is 1.57. The van der Waals surface area contributed by atoms with Crippen molar-refractivity contribution >= 4 is 56.6 Å². The van der Waals surface area contributed by atoms with Crippen molar-refractivity contribution in [2.75, 3.05) is 18.1 Å². The summed E-state index contributed by atoms with van der Waals surface area (Å²) in [6, 6.07) is 11.0. The minimum Gasteiger partial charge on any atom is -0.492 e. The Morgan fingerprint density at radius 2 is 1.95 bits per heavy atom. The average Bonchev–Trinajstić information content (AvgIpc) is 2.39. The van der Waals surface area contributed by atoms with E-state index in [2.05, 4.69) is 15.9 Å². The molecule has 0 saturated carbocycles. The smallest absolute Gasteiger partial charge is 0.133 e. The van der Waals surface area contributed by atoms with Crippen LogP contribution in [0.5, 0.6) is 5.75 Å². The van der Waals surface area contributed by atoms with Crippen LogP contribution in [0, 0.1) is 0 Å². The zero-order valence-corrected chi connectivity index (χ0v) is 14.3. The summed E-state index contributed by atoms with van der Waals surface area (Å²) in [6.07, 6.45) is 0. The summed E-state index contributed by atoms with van der Waals surface area (Å²) in [5.41, 5.74) is 6.32. The second-order valence-corrected chi connectivity index (χ2v) is 6.80. The van der Waals surface area contributed by atoms with Crippen LogP contribution in [-0.2, 0) is 0 Å². The topological polar surface area (TPSA) is 35.2 Å². The molecule has 0 radical (unpaired) electrons. The molecule has 0 spiro atoms. The van der Waals surface area contributed by atoms with E-state index in [0.29, 0.717) is 22.3 Å². The van der Waals surface area contributed by atoms with Crippen LogP contribution in [0.2, 0.25) is 10.0 Å². The molecule has 0 aliphatic carbocycles. The Bertz CT molecular complexity index is 556. The fraction of sp³-hybridized carbons (Fsp3) is 0.143. The molecule has 0 atom stereocenters. The van der Waals surface area contributed by atoms with Gasteiger partial charge in [0.2, 0.25) is 0 Å². The van der Waals surface area contributed by atoms with Gasteiger partial charge in [0.1, 0.15) is 5.75 Å². The van der Waals surface area contributed by atoms with Gasteiger partial charge in [0.15, 0.2) is 0 Å². The summed E-state index contributed by atoms with van der Waals surface area (Å²) in [6.45, 7) is 0.575. The molecule has 0 bridgehead atoms. The SMILES string of the molecule is Nc1ccc(SCCOc2ccc(Cl)cc2Br)c(Cl)c1. The van der Waals surface area contributed by atoms with Gasteiger partial charge in [0.05, 0.1) is 16.1 Å². The fourth-order valence-corrected chi connectivity index (χ4v) is 3.43. The molecular weight excluding hydrogens is 381 g/mol. The van der Waals surface area contributed by atoms with E-state index in [0.717, 1.165) is 20.9 Å². The van der Waals surface area contributed by atoms with Gasteiger partial charge >= 0.3 is 0 Å². The minimum atomic E-state index is 0.575. The monoisotopic (exact) mass is 391 g/mol. The second kappa shape index (κ2) is 7.46. The lowest BCUT2D eigenvalue weighted by molar-refractivity contribution is 0.342. The van der Waals surface area contributed by atoms with Gasteiger partial charge in [-0.1, -0.05) is 23.2 Å². The van der Waals surface area contributed by atoms with Crippen LogP contribution in [0.25, 0.3) is 0 Å². The lowest BCUT2D eigenvalue weighted by Gasteiger charge is -2.09. The molecule has 2 aromatic carbocycles. The van der Waals surface area contributed by atoms with E-state index in [1.54, 1.807) is 30.0 Å². The van der Waals surface area contributed by atoms with Gasteiger partial charge in [-0.25, -0.2) is 0 Å². The number of hydrogen-bond donors (Lipinski definition) is 1. The van der Waals surface area contributed by atoms with Crippen molar-refractivity contribution < 1.29 is 4.74 Å². The predicted molar refractivity (Wildman–Crippen MR) is 91.2 cm³/mol. The van der Waals surface area contributed by atoms with Gasteiger partial charge in [-0.15, -0.1) is 11.8 Å². The molecule has 20 heavy (non-hydrogen) atoms. The van der Waals surface area contributed by atoms with Crippen LogP contribution >= 0.6 is 50.9 Å². The Labute approximate surface area is 140 Å². The Morgan fingerprint density at radius 3 is 2.65 bits per heavy atom. The largest absolute Gasteiger partial charge is 0.492 e. The van der Waals surface area contributed by atoms with E-state index in [1.807, 2.05) is 18.2 Å². The third kappa shape index (κ3) is 4.48. The van der Waals surface area contributed by atoms with Gasteiger partial charge in [-0.2, -0.15) is 0 Å². The number of anilines is 1. The van der Waals surface area contributed by atoms with E-state index >= 15 is 0 Å². The second-order valence-electron chi connectivity index (χ2n) is 3.96. The van der Waals surface area contributed by atoms with Gasteiger partial charge < -0.3 is 10.5 Å². The summed E-state index contributed by atoms with van der Waals surface area (Å²) in [7, 11) is 0. The quantitative estimate of drug-likeness (QED) is 0.414. The molecule has 2 aromatic rings.